The number of nitrogens with zero attached hydrogens (tertiary/aromatic N) is 4. The van der Waals surface area contributed by atoms with Crippen molar-refractivity contribution in [3.8, 4) is 22.8 Å². The van der Waals surface area contributed by atoms with Gasteiger partial charge in [0.2, 0.25) is 5.82 Å². The van der Waals surface area contributed by atoms with Crippen molar-refractivity contribution in [2.45, 2.75) is 38.6 Å². The fourth-order valence-corrected chi connectivity index (χ4v) is 4.04. The largest absolute Gasteiger partial charge is 0.334 e. The molecule has 0 bridgehead atoms. The number of hydrogen-bond acceptors (Lipinski definition) is 5. The highest BCUT2D eigenvalue weighted by atomic mass is 19.1. The highest BCUT2D eigenvalue weighted by molar-refractivity contribution is 5.80. The smallest absolute Gasteiger partial charge is 0.272 e. The van der Waals surface area contributed by atoms with E-state index < -0.39 is 0 Å². The lowest BCUT2D eigenvalue weighted by atomic mass is 10.1. The zero-order valence-corrected chi connectivity index (χ0v) is 15.9. The van der Waals surface area contributed by atoms with Gasteiger partial charge in [-0.15, -0.1) is 0 Å². The number of rotatable bonds is 3. The first-order chi connectivity index (χ1) is 14.1. The van der Waals surface area contributed by atoms with E-state index in [2.05, 4.69) is 15.1 Å². The Labute approximate surface area is 166 Å². The Balaban J connectivity index is 1.58. The molecule has 146 valence electrons. The number of aromatic nitrogens is 4. The second-order valence-electron chi connectivity index (χ2n) is 7.44. The third-order valence-corrected chi connectivity index (χ3v) is 5.52. The first-order valence-electron chi connectivity index (χ1n) is 9.73. The fraction of sp³-hybridized carbons (Fsp3) is 0.273. The lowest BCUT2D eigenvalue weighted by Gasteiger charge is -2.17. The molecular formula is C22H19FN4O2. The third-order valence-electron chi connectivity index (χ3n) is 5.52. The minimum atomic E-state index is -0.322. The van der Waals surface area contributed by atoms with E-state index in [4.69, 9.17) is 4.52 Å². The van der Waals surface area contributed by atoms with Crippen LogP contribution in [0.2, 0.25) is 0 Å². The summed E-state index contributed by atoms with van der Waals surface area (Å²) >= 11 is 0. The van der Waals surface area contributed by atoms with Gasteiger partial charge in [-0.05, 0) is 62.2 Å². The van der Waals surface area contributed by atoms with Gasteiger partial charge >= 0.3 is 0 Å². The summed E-state index contributed by atoms with van der Waals surface area (Å²) in [5, 5.41) is 4.06. The van der Waals surface area contributed by atoms with Gasteiger partial charge in [0.05, 0.1) is 11.0 Å². The lowest BCUT2D eigenvalue weighted by Crippen LogP contribution is -2.26. The quantitative estimate of drug-likeness (QED) is 0.508. The molecule has 1 aliphatic carbocycles. The Bertz CT molecular complexity index is 1250. The van der Waals surface area contributed by atoms with E-state index in [9.17, 15) is 9.18 Å². The van der Waals surface area contributed by atoms with E-state index >= 15 is 0 Å². The summed E-state index contributed by atoms with van der Waals surface area (Å²) in [6.07, 6.45) is 4.33. The van der Waals surface area contributed by atoms with Crippen LogP contribution in [0.3, 0.4) is 0 Å². The van der Waals surface area contributed by atoms with Crippen molar-refractivity contribution in [3.63, 3.8) is 0 Å². The summed E-state index contributed by atoms with van der Waals surface area (Å²) in [5.74, 6) is 0.419. The summed E-state index contributed by atoms with van der Waals surface area (Å²) in [4.78, 5) is 21.7. The minimum absolute atomic E-state index is 0.0182. The van der Waals surface area contributed by atoms with E-state index in [1.165, 1.54) is 12.1 Å². The van der Waals surface area contributed by atoms with Crippen molar-refractivity contribution in [2.75, 3.05) is 0 Å². The van der Waals surface area contributed by atoms with Gasteiger partial charge in [-0.3, -0.25) is 4.79 Å². The molecule has 1 aliphatic rings. The summed E-state index contributed by atoms with van der Waals surface area (Å²) in [5.41, 5.74) is 3.43. The summed E-state index contributed by atoms with van der Waals surface area (Å²) in [6, 6.07) is 11.8. The number of halogens is 1. The van der Waals surface area contributed by atoms with Crippen LogP contribution in [-0.2, 0) is 0 Å². The molecule has 0 unspecified atom stereocenters. The molecule has 0 N–H and O–H groups in total. The van der Waals surface area contributed by atoms with Crippen molar-refractivity contribution in [2.24, 2.45) is 0 Å². The molecule has 0 atom stereocenters. The number of fused-ring (bicyclic) bond motifs is 1. The van der Waals surface area contributed by atoms with Crippen LogP contribution in [0.15, 0.2) is 51.8 Å². The van der Waals surface area contributed by atoms with E-state index in [1.807, 2.05) is 22.8 Å². The fourth-order valence-electron chi connectivity index (χ4n) is 4.04. The maximum absolute atomic E-state index is 13.1. The van der Waals surface area contributed by atoms with Crippen LogP contribution in [0, 0.1) is 12.7 Å². The van der Waals surface area contributed by atoms with Gasteiger partial charge in [0, 0.05) is 17.2 Å². The maximum Gasteiger partial charge on any atom is 0.272 e. The van der Waals surface area contributed by atoms with Crippen LogP contribution in [0.5, 0.6) is 0 Å². The number of aryl methyl sites for hydroxylation is 1. The summed E-state index contributed by atoms with van der Waals surface area (Å²) in [7, 11) is 0. The normalized spacial score (nSPS) is 14.7. The van der Waals surface area contributed by atoms with Crippen LogP contribution < -0.4 is 5.56 Å². The average Bonchev–Trinajstić information content (AvgIpc) is 3.41. The van der Waals surface area contributed by atoms with Crippen LogP contribution >= 0.6 is 0 Å². The Kier molecular flexibility index (Phi) is 4.23. The Morgan fingerprint density at radius 1 is 1.03 bits per heavy atom. The van der Waals surface area contributed by atoms with Crippen molar-refractivity contribution in [1.82, 2.24) is 19.7 Å². The Morgan fingerprint density at radius 2 is 1.76 bits per heavy atom. The minimum Gasteiger partial charge on any atom is -0.334 e. The van der Waals surface area contributed by atoms with Gasteiger partial charge in [0.25, 0.3) is 11.4 Å². The first kappa shape index (κ1) is 17.7. The molecular weight excluding hydrogens is 371 g/mol. The van der Waals surface area contributed by atoms with Crippen LogP contribution in [0.4, 0.5) is 4.39 Å². The van der Waals surface area contributed by atoms with Crippen molar-refractivity contribution in [1.29, 1.82) is 0 Å². The van der Waals surface area contributed by atoms with Gasteiger partial charge in [0.15, 0.2) is 0 Å². The molecule has 5 rings (SSSR count). The topological polar surface area (TPSA) is 73.8 Å². The van der Waals surface area contributed by atoms with Crippen LogP contribution in [0.25, 0.3) is 33.9 Å². The van der Waals surface area contributed by atoms with E-state index in [0.717, 1.165) is 42.3 Å². The molecule has 0 amide bonds. The van der Waals surface area contributed by atoms with E-state index in [0.29, 0.717) is 23.0 Å². The van der Waals surface area contributed by atoms with E-state index in [1.54, 1.807) is 19.1 Å². The molecule has 6 nitrogen and oxygen atoms in total. The summed E-state index contributed by atoms with van der Waals surface area (Å²) < 4.78 is 20.4. The van der Waals surface area contributed by atoms with Gasteiger partial charge in [0.1, 0.15) is 11.5 Å². The Morgan fingerprint density at radius 3 is 2.52 bits per heavy atom. The molecule has 7 heteroatoms. The highest BCUT2D eigenvalue weighted by Crippen LogP contribution is 2.31. The predicted molar refractivity (Wildman–Crippen MR) is 107 cm³/mol. The first-order valence-corrected chi connectivity index (χ1v) is 9.73. The molecule has 0 spiro atoms. The second-order valence-corrected chi connectivity index (χ2v) is 7.44. The van der Waals surface area contributed by atoms with Crippen molar-refractivity contribution in [3.05, 3.63) is 64.3 Å². The van der Waals surface area contributed by atoms with Crippen LogP contribution in [0.1, 0.15) is 37.4 Å². The van der Waals surface area contributed by atoms with Crippen molar-refractivity contribution >= 4 is 11.0 Å². The molecule has 1 saturated carbocycles. The summed E-state index contributed by atoms with van der Waals surface area (Å²) in [6.45, 7) is 1.75. The second kappa shape index (κ2) is 6.92. The number of benzene rings is 2. The van der Waals surface area contributed by atoms with Gasteiger partial charge in [-0.1, -0.05) is 18.0 Å². The van der Waals surface area contributed by atoms with E-state index in [-0.39, 0.29) is 17.4 Å². The lowest BCUT2D eigenvalue weighted by molar-refractivity contribution is 0.432. The van der Waals surface area contributed by atoms with Gasteiger partial charge in [-0.2, -0.15) is 4.98 Å². The molecule has 4 aromatic rings. The molecule has 29 heavy (non-hydrogen) atoms. The predicted octanol–water partition coefficient (Wildman–Crippen LogP) is 4.68. The SMILES string of the molecule is Cc1nc2cc(-c3noc(-c4ccc(F)cc4)n3)ccc2n(C2CCCC2)c1=O. The molecule has 2 aromatic carbocycles. The highest BCUT2D eigenvalue weighted by Gasteiger charge is 2.22. The Hall–Kier alpha value is -3.35. The molecule has 0 saturated heterocycles. The average molecular weight is 390 g/mol. The number of hydrogen-bond donors (Lipinski definition) is 0. The standard InChI is InChI=1S/C22H19FN4O2/c1-13-22(28)27(17-4-2-3-5-17)19-11-8-15(12-18(19)24-13)20-25-21(29-26-20)14-6-9-16(23)10-7-14/h6-12,17H,2-5H2,1H3. The van der Waals surface area contributed by atoms with Gasteiger partial charge in [-0.25, -0.2) is 9.37 Å². The molecule has 0 radical (unpaired) electrons. The monoisotopic (exact) mass is 390 g/mol. The molecule has 0 aliphatic heterocycles. The van der Waals surface area contributed by atoms with Gasteiger partial charge < -0.3 is 9.09 Å². The third kappa shape index (κ3) is 3.12. The zero-order valence-electron chi connectivity index (χ0n) is 15.9. The van der Waals surface area contributed by atoms with Crippen LogP contribution in [-0.4, -0.2) is 19.7 Å². The molecule has 2 heterocycles. The maximum atomic E-state index is 13.1. The molecule has 1 fully saturated rings. The molecule has 2 aromatic heterocycles. The van der Waals surface area contributed by atoms with Crippen molar-refractivity contribution < 1.29 is 8.91 Å². The zero-order chi connectivity index (χ0) is 20.0.